The van der Waals surface area contributed by atoms with Crippen molar-refractivity contribution in [3.05, 3.63) is 59.5 Å². The van der Waals surface area contributed by atoms with E-state index in [1.165, 1.54) is 18.4 Å². The van der Waals surface area contributed by atoms with E-state index in [2.05, 4.69) is 5.32 Å². The van der Waals surface area contributed by atoms with E-state index in [9.17, 15) is 22.8 Å². The lowest BCUT2D eigenvalue weighted by Gasteiger charge is -2.26. The maximum absolute atomic E-state index is 13.1. The minimum absolute atomic E-state index is 0.0539. The Bertz CT molecular complexity index is 818. The third kappa shape index (κ3) is 5.15. The van der Waals surface area contributed by atoms with Gasteiger partial charge >= 0.3 is 6.18 Å². The molecule has 1 fully saturated rings. The monoisotopic (exact) mass is 394 g/mol. The average molecular weight is 394 g/mol. The van der Waals surface area contributed by atoms with Crippen LogP contribution in [0.1, 0.15) is 42.2 Å². The van der Waals surface area contributed by atoms with Crippen LogP contribution in [0.25, 0.3) is 0 Å². The summed E-state index contributed by atoms with van der Waals surface area (Å²) in [6.07, 6.45) is -1.32. The van der Waals surface area contributed by atoms with Crippen LogP contribution in [0.15, 0.2) is 47.1 Å². The molecule has 2 aromatic rings. The van der Waals surface area contributed by atoms with Crippen LogP contribution in [-0.2, 0) is 22.2 Å². The zero-order chi connectivity index (χ0) is 20.1. The molecule has 0 aliphatic carbocycles. The number of nitrogens with zero attached hydrogens (tertiary/aromatic N) is 1. The Balaban J connectivity index is 1.74. The van der Waals surface area contributed by atoms with E-state index in [0.717, 1.165) is 12.1 Å². The molecule has 1 saturated heterocycles. The number of hydrogen-bond donors (Lipinski definition) is 1. The van der Waals surface area contributed by atoms with Crippen LogP contribution in [0.5, 0.6) is 0 Å². The lowest BCUT2D eigenvalue weighted by atomic mass is 10.0. The topological polar surface area (TPSA) is 62.6 Å². The first-order chi connectivity index (χ1) is 13.3. The summed E-state index contributed by atoms with van der Waals surface area (Å²) in [5.74, 6) is 0.285. The van der Waals surface area contributed by atoms with Crippen LogP contribution in [0, 0.1) is 0 Å². The van der Waals surface area contributed by atoms with Gasteiger partial charge < -0.3 is 14.6 Å². The first-order valence-corrected chi connectivity index (χ1v) is 9.09. The molecule has 8 heteroatoms. The van der Waals surface area contributed by atoms with Gasteiger partial charge in [0.15, 0.2) is 0 Å². The highest BCUT2D eigenvalue weighted by Crippen LogP contribution is 2.31. The van der Waals surface area contributed by atoms with Gasteiger partial charge in [0.1, 0.15) is 5.76 Å². The number of likely N-dealkylation sites (tertiary alicyclic amines) is 1. The fraction of sp³-hybridized carbons (Fsp3) is 0.400. The SMILES string of the molecule is O=C(CCc1ccco1)N[C@H](CN1CCCC1=O)c1cccc(C(F)(F)F)c1. The lowest BCUT2D eigenvalue weighted by molar-refractivity contribution is -0.137. The van der Waals surface area contributed by atoms with Crippen molar-refractivity contribution >= 4 is 11.8 Å². The lowest BCUT2D eigenvalue weighted by Crippen LogP contribution is -2.38. The predicted octanol–water partition coefficient (Wildman–Crippen LogP) is 3.71. The standard InChI is InChI=1S/C20H21F3N2O3/c21-20(22,23)15-5-1-4-14(12-15)17(13-25-10-2-7-19(25)27)24-18(26)9-8-16-6-3-11-28-16/h1,3-6,11-12,17H,2,7-10,13H2,(H,24,26)/t17-/m1/s1. The Morgan fingerprint density at radius 2 is 2.07 bits per heavy atom. The Kier molecular flexibility index (Phi) is 6.06. The molecule has 0 saturated carbocycles. The predicted molar refractivity (Wildman–Crippen MR) is 95.2 cm³/mol. The smallest absolute Gasteiger partial charge is 0.416 e. The van der Waals surface area contributed by atoms with Crippen molar-refractivity contribution in [1.29, 1.82) is 0 Å². The number of rotatable bonds is 7. The van der Waals surface area contributed by atoms with Crippen molar-refractivity contribution in [3.63, 3.8) is 0 Å². The van der Waals surface area contributed by atoms with E-state index in [1.54, 1.807) is 17.0 Å². The molecule has 1 aliphatic heterocycles. The van der Waals surface area contributed by atoms with Crippen molar-refractivity contribution in [1.82, 2.24) is 10.2 Å². The van der Waals surface area contributed by atoms with Gasteiger partial charge in [0, 0.05) is 32.4 Å². The zero-order valence-corrected chi connectivity index (χ0v) is 15.2. The van der Waals surface area contributed by atoms with Crippen LogP contribution < -0.4 is 5.32 Å². The fourth-order valence-electron chi connectivity index (χ4n) is 3.24. The van der Waals surface area contributed by atoms with Gasteiger partial charge in [-0.25, -0.2) is 0 Å². The Labute approximate surface area is 160 Å². The van der Waals surface area contributed by atoms with Gasteiger partial charge in [-0.3, -0.25) is 9.59 Å². The molecular weight excluding hydrogens is 373 g/mol. The molecule has 150 valence electrons. The molecule has 1 aromatic heterocycles. The highest BCUT2D eigenvalue weighted by Gasteiger charge is 2.32. The molecule has 0 radical (unpaired) electrons. The van der Waals surface area contributed by atoms with Gasteiger partial charge in [-0.2, -0.15) is 13.2 Å². The van der Waals surface area contributed by atoms with Crippen LogP contribution in [0.2, 0.25) is 0 Å². The van der Waals surface area contributed by atoms with E-state index in [-0.39, 0.29) is 24.8 Å². The summed E-state index contributed by atoms with van der Waals surface area (Å²) in [5, 5.41) is 2.78. The molecule has 2 amide bonds. The number of amides is 2. The minimum atomic E-state index is -4.48. The summed E-state index contributed by atoms with van der Waals surface area (Å²) in [6, 6.07) is 7.61. The normalized spacial score (nSPS) is 15.7. The average Bonchev–Trinajstić information content (AvgIpc) is 3.31. The first kappa shape index (κ1) is 20.0. The van der Waals surface area contributed by atoms with Crippen LogP contribution in [-0.4, -0.2) is 29.8 Å². The third-order valence-electron chi connectivity index (χ3n) is 4.70. The van der Waals surface area contributed by atoms with Gasteiger partial charge in [0.25, 0.3) is 0 Å². The molecular formula is C20H21F3N2O3. The molecule has 2 heterocycles. The fourth-order valence-corrected chi connectivity index (χ4v) is 3.24. The summed E-state index contributed by atoms with van der Waals surface area (Å²) in [6.45, 7) is 0.684. The minimum Gasteiger partial charge on any atom is -0.469 e. The number of carbonyl (C=O) groups is 2. The molecule has 1 N–H and O–H groups in total. The van der Waals surface area contributed by atoms with Crippen molar-refractivity contribution in [3.8, 4) is 0 Å². The second kappa shape index (κ2) is 8.50. The largest absolute Gasteiger partial charge is 0.469 e. The number of furan rings is 1. The van der Waals surface area contributed by atoms with Crippen LogP contribution in [0.3, 0.4) is 0 Å². The molecule has 0 spiro atoms. The molecule has 1 aromatic carbocycles. The number of carbonyl (C=O) groups excluding carboxylic acids is 2. The van der Waals surface area contributed by atoms with Gasteiger partial charge in [-0.1, -0.05) is 12.1 Å². The van der Waals surface area contributed by atoms with Gasteiger partial charge in [-0.05, 0) is 36.2 Å². The maximum Gasteiger partial charge on any atom is 0.416 e. The Morgan fingerprint density at radius 1 is 1.25 bits per heavy atom. The second-order valence-electron chi connectivity index (χ2n) is 6.77. The number of halogens is 3. The quantitative estimate of drug-likeness (QED) is 0.779. The van der Waals surface area contributed by atoms with E-state index < -0.39 is 17.8 Å². The van der Waals surface area contributed by atoms with E-state index in [0.29, 0.717) is 37.1 Å². The number of aryl methyl sites for hydroxylation is 1. The zero-order valence-electron chi connectivity index (χ0n) is 15.2. The Hall–Kier alpha value is -2.77. The highest BCUT2D eigenvalue weighted by atomic mass is 19.4. The molecule has 5 nitrogen and oxygen atoms in total. The summed E-state index contributed by atoms with van der Waals surface area (Å²) in [5.41, 5.74) is -0.464. The number of alkyl halides is 3. The molecule has 0 bridgehead atoms. The molecule has 1 atom stereocenters. The van der Waals surface area contributed by atoms with Crippen molar-refractivity contribution in [2.75, 3.05) is 13.1 Å². The van der Waals surface area contributed by atoms with E-state index in [4.69, 9.17) is 4.42 Å². The van der Waals surface area contributed by atoms with Gasteiger partial charge in [0.05, 0.1) is 17.9 Å². The second-order valence-corrected chi connectivity index (χ2v) is 6.77. The molecule has 3 rings (SSSR count). The summed E-state index contributed by atoms with van der Waals surface area (Å²) >= 11 is 0. The highest BCUT2D eigenvalue weighted by molar-refractivity contribution is 5.79. The number of benzene rings is 1. The number of nitrogens with one attached hydrogen (secondary N) is 1. The van der Waals surface area contributed by atoms with Crippen molar-refractivity contribution in [2.45, 2.75) is 37.9 Å². The van der Waals surface area contributed by atoms with Gasteiger partial charge in [0.2, 0.25) is 11.8 Å². The van der Waals surface area contributed by atoms with Crippen molar-refractivity contribution in [2.24, 2.45) is 0 Å². The Morgan fingerprint density at radius 3 is 2.71 bits per heavy atom. The third-order valence-corrected chi connectivity index (χ3v) is 4.70. The van der Waals surface area contributed by atoms with Crippen LogP contribution >= 0.6 is 0 Å². The van der Waals surface area contributed by atoms with E-state index in [1.807, 2.05) is 0 Å². The van der Waals surface area contributed by atoms with Crippen LogP contribution in [0.4, 0.5) is 13.2 Å². The molecule has 28 heavy (non-hydrogen) atoms. The summed E-state index contributed by atoms with van der Waals surface area (Å²) in [4.78, 5) is 25.9. The molecule has 1 aliphatic rings. The number of hydrogen-bond acceptors (Lipinski definition) is 3. The summed E-state index contributed by atoms with van der Waals surface area (Å²) < 4.78 is 44.4. The summed E-state index contributed by atoms with van der Waals surface area (Å²) in [7, 11) is 0. The van der Waals surface area contributed by atoms with Crippen molar-refractivity contribution < 1.29 is 27.2 Å². The maximum atomic E-state index is 13.1. The first-order valence-electron chi connectivity index (χ1n) is 9.09. The van der Waals surface area contributed by atoms with E-state index >= 15 is 0 Å². The van der Waals surface area contributed by atoms with Gasteiger partial charge in [-0.15, -0.1) is 0 Å². The molecule has 0 unspecified atom stereocenters.